The first-order valence-electron chi connectivity index (χ1n) is 11.2. The number of thiocarbonyl (C=S) groups is 1. The number of ether oxygens (including phenoxy) is 2. The van der Waals surface area contributed by atoms with Crippen molar-refractivity contribution in [3.8, 4) is 11.5 Å². The van der Waals surface area contributed by atoms with Crippen LogP contribution in [0.15, 0.2) is 24.3 Å². The zero-order valence-corrected chi connectivity index (χ0v) is 20.0. The normalized spacial score (nSPS) is 11.4. The Hall–Kier alpha value is -2.08. The minimum atomic E-state index is 0.123. The number of H-pyrrole nitrogens is 1. The molecule has 1 aromatic carbocycles. The second-order valence-corrected chi connectivity index (χ2v) is 8.18. The zero-order chi connectivity index (χ0) is 22.0. The number of hydrogen-bond donors (Lipinski definition) is 2. The van der Waals surface area contributed by atoms with Gasteiger partial charge in [-0.1, -0.05) is 64.7 Å². The van der Waals surface area contributed by atoms with Crippen LogP contribution in [0.4, 0.5) is 5.82 Å². The lowest BCUT2D eigenvalue weighted by Crippen LogP contribution is -2.26. The van der Waals surface area contributed by atoms with Crippen LogP contribution >= 0.6 is 12.2 Å². The molecule has 2 N–H and O–H groups in total. The number of aromatic nitrogens is 2. The minimum Gasteiger partial charge on any atom is -0.496 e. The number of anilines is 1. The predicted molar refractivity (Wildman–Crippen MR) is 129 cm³/mol. The molecule has 1 heterocycles. The Kier molecular flexibility index (Phi) is 9.63. The molecule has 0 bridgehead atoms. The van der Waals surface area contributed by atoms with E-state index >= 15 is 0 Å². The van der Waals surface area contributed by atoms with Crippen molar-refractivity contribution in [3.05, 3.63) is 35.5 Å². The molecule has 0 aliphatic heterocycles. The number of benzene rings is 1. The van der Waals surface area contributed by atoms with E-state index in [2.05, 4.69) is 37.3 Å². The third-order valence-electron chi connectivity index (χ3n) is 5.57. The molecule has 2 aromatic rings. The van der Waals surface area contributed by atoms with Crippen molar-refractivity contribution in [1.82, 2.24) is 10.2 Å². The summed E-state index contributed by atoms with van der Waals surface area (Å²) in [7, 11) is 1.64. The molecule has 5 nitrogen and oxygen atoms in total. The second kappa shape index (κ2) is 11.9. The second-order valence-electron chi connectivity index (χ2n) is 7.77. The Bertz CT molecular complexity index is 797. The molecule has 166 valence electrons. The van der Waals surface area contributed by atoms with Crippen molar-refractivity contribution >= 4 is 23.0 Å². The highest BCUT2D eigenvalue weighted by Crippen LogP contribution is 2.39. The highest BCUT2D eigenvalue weighted by Gasteiger charge is 2.32. The minimum absolute atomic E-state index is 0.123. The van der Waals surface area contributed by atoms with Gasteiger partial charge in [-0.2, -0.15) is 5.10 Å². The number of rotatable bonds is 13. The molecule has 0 spiro atoms. The smallest absolute Gasteiger partial charge is 0.133 e. The molecule has 1 aromatic heterocycles. The van der Waals surface area contributed by atoms with Gasteiger partial charge in [0.05, 0.1) is 25.0 Å². The highest BCUT2D eigenvalue weighted by molar-refractivity contribution is 7.81. The number of aromatic amines is 1. The number of hydrogen-bond acceptors (Lipinski definition) is 4. The van der Waals surface area contributed by atoms with Crippen LogP contribution in [-0.4, -0.2) is 28.9 Å². The molecule has 0 aliphatic rings. The fraction of sp³-hybridized carbons (Fsp3) is 0.583. The summed E-state index contributed by atoms with van der Waals surface area (Å²) in [4.78, 5) is 0.552. The van der Waals surface area contributed by atoms with Crippen molar-refractivity contribution in [2.75, 3.05) is 19.0 Å². The van der Waals surface area contributed by atoms with E-state index in [-0.39, 0.29) is 5.41 Å². The Morgan fingerprint density at radius 1 is 1.07 bits per heavy atom. The maximum absolute atomic E-state index is 5.77. The SMILES string of the molecule is CCCCC(CCC)(CCC)c1cc(NC(=S)c2c(OC)cccc2OCC)[nH]n1. The topological polar surface area (TPSA) is 59.2 Å². The molecule has 0 unspecified atom stereocenters. The van der Waals surface area contributed by atoms with Gasteiger partial charge >= 0.3 is 0 Å². The third kappa shape index (κ3) is 5.75. The molecule has 6 heteroatoms. The maximum Gasteiger partial charge on any atom is 0.133 e. The highest BCUT2D eigenvalue weighted by atomic mass is 32.1. The van der Waals surface area contributed by atoms with Crippen molar-refractivity contribution in [2.24, 2.45) is 0 Å². The van der Waals surface area contributed by atoms with E-state index in [1.165, 1.54) is 19.3 Å². The van der Waals surface area contributed by atoms with Crippen molar-refractivity contribution in [3.63, 3.8) is 0 Å². The summed E-state index contributed by atoms with van der Waals surface area (Å²) >= 11 is 5.71. The quantitative estimate of drug-likeness (QED) is 0.348. The van der Waals surface area contributed by atoms with Gasteiger partial charge in [-0.25, -0.2) is 0 Å². The van der Waals surface area contributed by atoms with Gasteiger partial charge in [0.1, 0.15) is 22.3 Å². The lowest BCUT2D eigenvalue weighted by molar-refractivity contribution is 0.312. The molecule has 0 saturated carbocycles. The van der Waals surface area contributed by atoms with Gasteiger partial charge in [0.15, 0.2) is 0 Å². The molecular formula is C24H37N3O2S. The number of unbranched alkanes of at least 4 members (excludes halogenated alkanes) is 1. The van der Waals surface area contributed by atoms with E-state index in [9.17, 15) is 0 Å². The number of nitrogens with one attached hydrogen (secondary N) is 2. The maximum atomic E-state index is 5.77. The molecule has 30 heavy (non-hydrogen) atoms. The predicted octanol–water partition coefficient (Wildman–Crippen LogP) is 6.63. The molecular weight excluding hydrogens is 394 g/mol. The van der Waals surface area contributed by atoms with Crippen LogP contribution < -0.4 is 14.8 Å². The van der Waals surface area contributed by atoms with Crippen LogP contribution in [0.3, 0.4) is 0 Å². The molecule has 0 radical (unpaired) electrons. The summed E-state index contributed by atoms with van der Waals surface area (Å²) in [5.74, 6) is 2.20. The molecule has 0 aliphatic carbocycles. The first-order valence-corrected chi connectivity index (χ1v) is 11.6. The van der Waals surface area contributed by atoms with E-state index in [4.69, 9.17) is 26.8 Å². The summed E-state index contributed by atoms with van der Waals surface area (Å²) in [6.45, 7) is 9.29. The van der Waals surface area contributed by atoms with Crippen molar-refractivity contribution in [2.45, 2.75) is 78.1 Å². The third-order valence-corrected chi connectivity index (χ3v) is 5.88. The fourth-order valence-corrected chi connectivity index (χ4v) is 4.57. The summed E-state index contributed by atoms with van der Waals surface area (Å²) in [6, 6.07) is 7.83. The van der Waals surface area contributed by atoms with E-state index in [0.29, 0.717) is 23.1 Å². The van der Waals surface area contributed by atoms with Gasteiger partial charge in [-0.15, -0.1) is 0 Å². The molecule has 0 fully saturated rings. The van der Waals surface area contributed by atoms with Gasteiger partial charge in [-0.05, 0) is 38.3 Å². The molecule has 0 amide bonds. The average molecular weight is 432 g/mol. The van der Waals surface area contributed by atoms with E-state index in [0.717, 1.165) is 42.8 Å². The first kappa shape index (κ1) is 24.2. The zero-order valence-electron chi connectivity index (χ0n) is 19.1. The standard InChI is InChI=1S/C24H37N3O2S/c1-6-10-16-24(14-7-2,15-8-3)20-17-21(27-26-20)25-23(30)22-18(28-5)12-11-13-19(22)29-9-4/h11-13,17H,6-10,14-16H2,1-5H3,(H2,25,26,27,30). The van der Waals surface area contributed by atoms with Crippen LogP contribution in [0.1, 0.15) is 83.9 Å². The largest absolute Gasteiger partial charge is 0.496 e. The van der Waals surface area contributed by atoms with Gasteiger partial charge < -0.3 is 14.8 Å². The fourth-order valence-electron chi connectivity index (χ4n) is 4.25. The van der Waals surface area contributed by atoms with E-state index in [1.807, 2.05) is 25.1 Å². The van der Waals surface area contributed by atoms with Crippen LogP contribution in [0.2, 0.25) is 0 Å². The Morgan fingerprint density at radius 3 is 2.37 bits per heavy atom. The van der Waals surface area contributed by atoms with Crippen LogP contribution in [0.25, 0.3) is 0 Å². The average Bonchev–Trinajstić information content (AvgIpc) is 3.21. The molecule has 2 rings (SSSR count). The van der Waals surface area contributed by atoms with Crippen LogP contribution in [0.5, 0.6) is 11.5 Å². The van der Waals surface area contributed by atoms with Gasteiger partial charge in [0.2, 0.25) is 0 Å². The summed E-state index contributed by atoms with van der Waals surface area (Å²) in [5.41, 5.74) is 2.01. The van der Waals surface area contributed by atoms with Gasteiger partial charge in [-0.3, -0.25) is 5.10 Å². The van der Waals surface area contributed by atoms with Crippen molar-refractivity contribution in [1.29, 1.82) is 0 Å². The Labute approximate surface area is 186 Å². The Morgan fingerprint density at radius 2 is 1.77 bits per heavy atom. The first-order chi connectivity index (χ1) is 14.5. The van der Waals surface area contributed by atoms with Gasteiger partial charge in [0.25, 0.3) is 0 Å². The summed E-state index contributed by atoms with van der Waals surface area (Å²) in [5, 5.41) is 11.2. The van der Waals surface area contributed by atoms with E-state index < -0.39 is 0 Å². The monoisotopic (exact) mass is 431 g/mol. The lowest BCUT2D eigenvalue weighted by atomic mass is 9.73. The van der Waals surface area contributed by atoms with Crippen LogP contribution in [-0.2, 0) is 5.41 Å². The summed E-state index contributed by atoms with van der Waals surface area (Å²) < 4.78 is 11.3. The van der Waals surface area contributed by atoms with Crippen LogP contribution in [0, 0.1) is 0 Å². The number of nitrogens with zero attached hydrogens (tertiary/aromatic N) is 1. The van der Waals surface area contributed by atoms with E-state index in [1.54, 1.807) is 7.11 Å². The summed E-state index contributed by atoms with van der Waals surface area (Å²) in [6.07, 6.45) is 8.18. The van der Waals surface area contributed by atoms with Gasteiger partial charge in [0, 0.05) is 11.5 Å². The lowest BCUT2D eigenvalue weighted by Gasteiger charge is -2.32. The number of methoxy groups -OCH3 is 1. The molecule has 0 atom stereocenters. The Balaban J connectivity index is 2.30. The molecule has 0 saturated heterocycles. The van der Waals surface area contributed by atoms with Crippen molar-refractivity contribution < 1.29 is 9.47 Å².